The van der Waals surface area contributed by atoms with Crippen molar-refractivity contribution in [3.63, 3.8) is 0 Å². The number of fused-ring (bicyclic) bond motifs is 3. The number of benzene rings is 1. The summed E-state index contributed by atoms with van der Waals surface area (Å²) >= 11 is 1.69. The van der Waals surface area contributed by atoms with Crippen molar-refractivity contribution >= 4 is 43.8 Å². The third-order valence-electron chi connectivity index (χ3n) is 9.07. The molecule has 1 amide bonds. The molecule has 8 heteroatoms. The Kier molecular flexibility index (Phi) is 8.25. The second-order valence-corrected chi connectivity index (χ2v) is 12.8. The smallest absolute Gasteiger partial charge is 0.223 e. The summed E-state index contributed by atoms with van der Waals surface area (Å²) < 4.78 is 7.22. The van der Waals surface area contributed by atoms with Gasteiger partial charge < -0.3 is 26.0 Å². The lowest BCUT2D eigenvalue weighted by Crippen LogP contribution is -2.41. The molecule has 0 spiro atoms. The molecule has 2 bridgehead atoms. The number of aromatic nitrogens is 1. The Morgan fingerprint density at radius 3 is 2.60 bits per heavy atom. The summed E-state index contributed by atoms with van der Waals surface area (Å²) in [5.74, 6) is 1.84. The van der Waals surface area contributed by atoms with E-state index >= 15 is 0 Å². The number of nitrogens with zero attached hydrogens (tertiary/aromatic N) is 2. The lowest BCUT2D eigenvalue weighted by atomic mass is 9.88. The molecule has 7 nitrogen and oxygen atoms in total. The third-order valence-corrected chi connectivity index (χ3v) is 10.1. The van der Waals surface area contributed by atoms with Crippen LogP contribution in [0.2, 0.25) is 0 Å². The van der Waals surface area contributed by atoms with Crippen LogP contribution in [0.25, 0.3) is 10.1 Å². The molecule has 0 aliphatic heterocycles. The molecule has 4 unspecified atom stereocenters. The Morgan fingerprint density at radius 2 is 1.82 bits per heavy atom. The molecular weight excluding hydrogens is 518 g/mol. The van der Waals surface area contributed by atoms with E-state index in [-0.39, 0.29) is 23.8 Å². The Balaban J connectivity index is 1.05. The maximum absolute atomic E-state index is 12.2. The van der Waals surface area contributed by atoms with Gasteiger partial charge in [-0.15, -0.1) is 11.3 Å². The predicted molar refractivity (Wildman–Crippen MR) is 164 cm³/mol. The summed E-state index contributed by atoms with van der Waals surface area (Å²) in [6, 6.07) is 13.0. The van der Waals surface area contributed by atoms with Gasteiger partial charge in [0.1, 0.15) is 18.2 Å². The van der Waals surface area contributed by atoms with Crippen molar-refractivity contribution in [2.75, 3.05) is 30.8 Å². The number of primary amides is 1. The van der Waals surface area contributed by atoms with Gasteiger partial charge in [0.25, 0.3) is 0 Å². The first-order valence-corrected chi connectivity index (χ1v) is 15.7. The van der Waals surface area contributed by atoms with E-state index < -0.39 is 0 Å². The Morgan fingerprint density at radius 1 is 1.07 bits per heavy atom. The van der Waals surface area contributed by atoms with E-state index in [2.05, 4.69) is 57.9 Å². The number of ether oxygens (including phenoxy) is 1. The maximum atomic E-state index is 12.2. The molecular formula is C32H41N5O2S. The summed E-state index contributed by atoms with van der Waals surface area (Å²) in [7, 11) is 2.25. The van der Waals surface area contributed by atoms with Gasteiger partial charge in [0.05, 0.1) is 10.9 Å². The molecule has 2 aromatic heterocycles. The van der Waals surface area contributed by atoms with Gasteiger partial charge in [0, 0.05) is 40.6 Å². The molecule has 2 heterocycles. The van der Waals surface area contributed by atoms with Crippen LogP contribution in [0, 0.1) is 17.8 Å². The van der Waals surface area contributed by atoms with Gasteiger partial charge in [-0.05, 0) is 74.5 Å². The van der Waals surface area contributed by atoms with Crippen molar-refractivity contribution in [2.45, 2.75) is 63.5 Å². The van der Waals surface area contributed by atoms with E-state index in [0.717, 1.165) is 45.3 Å². The highest BCUT2D eigenvalue weighted by Gasteiger charge is 2.47. The standard InChI is InChI=1S/C32H41N5O2S/c1-37(24-7-5-3-2-4-6-8-24)17-18-39-25-13-11-23(12-14-25)35-28-20-26-27(40-28)15-16-34-32(26)36-30-22-10-9-21(19-22)29(30)31(33)38/h9-16,20-22,24,29-30,35H,2-8,17-19H2,1H3,(H2,33,38)(H,34,36). The molecule has 6 rings (SSSR count). The zero-order valence-corrected chi connectivity index (χ0v) is 24.2. The number of rotatable bonds is 10. The molecule has 0 saturated heterocycles. The second kappa shape index (κ2) is 12.2. The molecule has 40 heavy (non-hydrogen) atoms. The number of hydrogen-bond acceptors (Lipinski definition) is 7. The largest absolute Gasteiger partial charge is 0.492 e. The van der Waals surface area contributed by atoms with Crippen molar-refractivity contribution in [3.05, 3.63) is 54.7 Å². The molecule has 3 aromatic rings. The van der Waals surface area contributed by atoms with Crippen LogP contribution in [0.3, 0.4) is 0 Å². The SMILES string of the molecule is CN(CCOc1ccc(Nc2cc3c(NC4C5C=CC(C5)C4C(N)=O)nccc3s2)cc1)C1CCCCCCC1. The molecule has 4 N–H and O–H groups in total. The second-order valence-electron chi connectivity index (χ2n) is 11.7. The number of allylic oxidation sites excluding steroid dienone is 1. The number of hydrogen-bond donors (Lipinski definition) is 3. The van der Waals surface area contributed by atoms with Crippen LogP contribution >= 0.6 is 11.3 Å². The number of likely N-dealkylation sites (N-methyl/N-ethyl adjacent to an activating group) is 1. The average Bonchev–Trinajstić information content (AvgIpc) is 3.64. The van der Waals surface area contributed by atoms with Gasteiger partial charge in [-0.1, -0.05) is 44.3 Å². The first kappa shape index (κ1) is 27.1. The average molecular weight is 560 g/mol. The lowest BCUT2D eigenvalue weighted by molar-refractivity contribution is -0.122. The molecule has 2 fully saturated rings. The van der Waals surface area contributed by atoms with E-state index in [9.17, 15) is 4.79 Å². The van der Waals surface area contributed by atoms with Gasteiger partial charge in [0.15, 0.2) is 0 Å². The van der Waals surface area contributed by atoms with Crippen LogP contribution in [0.5, 0.6) is 5.75 Å². The highest BCUT2D eigenvalue weighted by molar-refractivity contribution is 7.22. The topological polar surface area (TPSA) is 92.5 Å². The van der Waals surface area contributed by atoms with Crippen molar-refractivity contribution in [3.8, 4) is 5.75 Å². The lowest BCUT2D eigenvalue weighted by Gasteiger charge is -2.29. The Labute approximate surface area is 241 Å². The van der Waals surface area contributed by atoms with Crippen molar-refractivity contribution < 1.29 is 9.53 Å². The van der Waals surface area contributed by atoms with Crippen LogP contribution in [-0.4, -0.2) is 48.1 Å². The van der Waals surface area contributed by atoms with Crippen molar-refractivity contribution in [1.82, 2.24) is 9.88 Å². The van der Waals surface area contributed by atoms with Crippen LogP contribution in [-0.2, 0) is 4.79 Å². The van der Waals surface area contributed by atoms with E-state index in [1.54, 1.807) is 11.3 Å². The van der Waals surface area contributed by atoms with Gasteiger partial charge in [0.2, 0.25) is 5.91 Å². The maximum Gasteiger partial charge on any atom is 0.223 e. The molecule has 0 radical (unpaired) electrons. The van der Waals surface area contributed by atoms with Crippen LogP contribution < -0.4 is 21.1 Å². The summed E-state index contributed by atoms with van der Waals surface area (Å²) in [6.45, 7) is 1.66. The normalized spacial score (nSPS) is 24.8. The number of nitrogens with one attached hydrogen (secondary N) is 2. The zero-order valence-electron chi connectivity index (χ0n) is 23.4. The number of nitrogens with two attached hydrogens (primary N) is 1. The minimum atomic E-state index is -0.233. The quantitative estimate of drug-likeness (QED) is 0.244. The van der Waals surface area contributed by atoms with Crippen LogP contribution in [0.15, 0.2) is 54.7 Å². The minimum Gasteiger partial charge on any atom is -0.492 e. The molecule has 2 saturated carbocycles. The molecule has 4 atom stereocenters. The number of carbonyl (C=O) groups excluding carboxylic acids is 1. The summed E-state index contributed by atoms with van der Waals surface area (Å²) in [6.07, 6.45) is 16.7. The molecule has 212 valence electrons. The van der Waals surface area contributed by atoms with Crippen molar-refractivity contribution in [1.29, 1.82) is 0 Å². The van der Waals surface area contributed by atoms with Gasteiger partial charge >= 0.3 is 0 Å². The van der Waals surface area contributed by atoms with E-state index in [1.165, 1.54) is 44.9 Å². The molecule has 1 aromatic carbocycles. The Bertz CT molecular complexity index is 1330. The van der Waals surface area contributed by atoms with Gasteiger partial charge in [-0.2, -0.15) is 0 Å². The minimum absolute atomic E-state index is 0.00837. The van der Waals surface area contributed by atoms with Gasteiger partial charge in [-0.3, -0.25) is 4.79 Å². The van der Waals surface area contributed by atoms with Gasteiger partial charge in [-0.25, -0.2) is 4.98 Å². The van der Waals surface area contributed by atoms with Crippen LogP contribution in [0.1, 0.15) is 51.4 Å². The number of amides is 1. The van der Waals surface area contributed by atoms with E-state index in [4.69, 9.17) is 10.5 Å². The fourth-order valence-corrected chi connectivity index (χ4v) is 7.82. The number of thiophene rings is 1. The Hall–Kier alpha value is -3.10. The van der Waals surface area contributed by atoms with E-state index in [0.29, 0.717) is 18.6 Å². The van der Waals surface area contributed by atoms with E-state index in [1.807, 2.05) is 24.4 Å². The predicted octanol–water partition coefficient (Wildman–Crippen LogP) is 6.55. The summed E-state index contributed by atoms with van der Waals surface area (Å²) in [5.41, 5.74) is 6.78. The highest BCUT2D eigenvalue weighted by Crippen LogP contribution is 2.45. The number of carbonyl (C=O) groups is 1. The first-order valence-electron chi connectivity index (χ1n) is 14.9. The monoisotopic (exact) mass is 559 g/mol. The summed E-state index contributed by atoms with van der Waals surface area (Å²) in [5, 5.41) is 9.21. The third kappa shape index (κ3) is 5.98. The summed E-state index contributed by atoms with van der Waals surface area (Å²) in [4.78, 5) is 19.3. The fraction of sp³-hybridized carbons (Fsp3) is 0.500. The molecule has 3 aliphatic carbocycles. The zero-order chi connectivity index (χ0) is 27.5. The highest BCUT2D eigenvalue weighted by atomic mass is 32.1. The molecule has 3 aliphatic rings. The first-order chi connectivity index (χ1) is 19.5. The van der Waals surface area contributed by atoms with Crippen molar-refractivity contribution in [2.24, 2.45) is 23.5 Å². The number of anilines is 3. The van der Waals surface area contributed by atoms with Crippen LogP contribution in [0.4, 0.5) is 16.5 Å². The number of pyridine rings is 1. The fourth-order valence-electron chi connectivity index (χ4n) is 6.85.